The number of nitrogens with zero attached hydrogens (tertiary/aromatic N) is 4. The lowest BCUT2D eigenvalue weighted by molar-refractivity contribution is 0.178. The van der Waals surface area contributed by atoms with E-state index in [0.29, 0.717) is 29.0 Å². The van der Waals surface area contributed by atoms with E-state index < -0.39 is 6.10 Å². The summed E-state index contributed by atoms with van der Waals surface area (Å²) in [4.78, 5) is 11.2. The Hall–Kier alpha value is -2.01. The molecule has 3 atom stereocenters. The smallest absolute Gasteiger partial charge is 0.194 e. The van der Waals surface area contributed by atoms with Crippen molar-refractivity contribution in [3.8, 4) is 11.5 Å². The molecule has 9 heteroatoms. The molecule has 1 fully saturated rings. The molecular formula is C22H34IN5O3. The summed E-state index contributed by atoms with van der Waals surface area (Å²) in [7, 11) is 3.20. The zero-order chi connectivity index (χ0) is 21.5. The first kappa shape index (κ1) is 25.3. The van der Waals surface area contributed by atoms with Gasteiger partial charge in [0.2, 0.25) is 0 Å². The number of methoxy groups -OCH3 is 2. The minimum absolute atomic E-state index is 0. The fourth-order valence-electron chi connectivity index (χ4n) is 3.82. The van der Waals surface area contributed by atoms with Gasteiger partial charge in [-0.15, -0.1) is 24.0 Å². The molecule has 0 saturated carbocycles. The number of rotatable bonds is 7. The molecule has 3 unspecified atom stereocenters. The van der Waals surface area contributed by atoms with E-state index in [-0.39, 0.29) is 30.5 Å². The molecule has 1 aliphatic heterocycles. The zero-order valence-electron chi connectivity index (χ0n) is 18.7. The number of nitrogens with one attached hydrogen (secondary N) is 1. The van der Waals surface area contributed by atoms with E-state index in [2.05, 4.69) is 33.6 Å². The first-order valence-electron chi connectivity index (χ1n) is 10.5. The fraction of sp³-hybridized carbons (Fsp3) is 0.545. The number of guanidine groups is 1. The van der Waals surface area contributed by atoms with Gasteiger partial charge in [0.15, 0.2) is 5.96 Å². The van der Waals surface area contributed by atoms with E-state index in [1.165, 1.54) is 0 Å². The molecule has 1 aliphatic rings. The molecule has 1 saturated heterocycles. The molecule has 2 heterocycles. The van der Waals surface area contributed by atoms with Crippen molar-refractivity contribution in [1.29, 1.82) is 0 Å². The van der Waals surface area contributed by atoms with Crippen LogP contribution in [0.4, 0.5) is 0 Å². The van der Waals surface area contributed by atoms with Gasteiger partial charge >= 0.3 is 0 Å². The number of benzene rings is 1. The average molecular weight is 543 g/mol. The van der Waals surface area contributed by atoms with Crippen LogP contribution in [0.3, 0.4) is 0 Å². The largest absolute Gasteiger partial charge is 0.497 e. The van der Waals surface area contributed by atoms with Crippen LogP contribution in [-0.4, -0.2) is 65.9 Å². The van der Waals surface area contributed by atoms with Crippen molar-refractivity contribution < 1.29 is 14.6 Å². The van der Waals surface area contributed by atoms with E-state index in [0.717, 1.165) is 32.0 Å². The van der Waals surface area contributed by atoms with Crippen molar-refractivity contribution in [3.63, 3.8) is 0 Å². The fourth-order valence-corrected chi connectivity index (χ4v) is 3.82. The summed E-state index contributed by atoms with van der Waals surface area (Å²) < 4.78 is 12.8. The van der Waals surface area contributed by atoms with Crippen LogP contribution in [0.2, 0.25) is 0 Å². The Bertz CT molecular complexity index is 808. The molecule has 1 aromatic heterocycles. The minimum Gasteiger partial charge on any atom is -0.497 e. The molecule has 0 radical (unpaired) electrons. The zero-order valence-corrected chi connectivity index (χ0v) is 21.0. The summed E-state index contributed by atoms with van der Waals surface area (Å²) in [6, 6.07) is 5.76. The number of imidazole rings is 1. The maximum atomic E-state index is 10.7. The molecule has 0 amide bonds. The van der Waals surface area contributed by atoms with Crippen LogP contribution in [0.5, 0.6) is 11.5 Å². The number of aliphatic imine (C=N–C) groups is 1. The summed E-state index contributed by atoms with van der Waals surface area (Å²) in [6.07, 6.45) is 6.05. The molecule has 1 aromatic carbocycles. The molecule has 2 aromatic rings. The topological polar surface area (TPSA) is 84.1 Å². The van der Waals surface area contributed by atoms with Gasteiger partial charge in [-0.2, -0.15) is 0 Å². The second kappa shape index (κ2) is 12.1. The van der Waals surface area contributed by atoms with Crippen LogP contribution in [0.1, 0.15) is 38.0 Å². The normalized spacial score (nSPS) is 20.0. The summed E-state index contributed by atoms with van der Waals surface area (Å²) in [5, 5.41) is 14.1. The van der Waals surface area contributed by atoms with Gasteiger partial charge in [0.05, 0.1) is 39.2 Å². The molecular weight excluding hydrogens is 509 g/mol. The number of aromatic nitrogens is 2. The Labute approximate surface area is 201 Å². The Morgan fingerprint density at radius 2 is 2.00 bits per heavy atom. The molecule has 0 spiro atoms. The number of aliphatic hydroxyl groups is 1. The second-order valence-corrected chi connectivity index (χ2v) is 7.65. The van der Waals surface area contributed by atoms with Crippen LogP contribution >= 0.6 is 24.0 Å². The predicted octanol–water partition coefficient (Wildman–Crippen LogP) is 3.10. The van der Waals surface area contributed by atoms with Gasteiger partial charge in [0.25, 0.3) is 0 Å². The van der Waals surface area contributed by atoms with Crippen LogP contribution < -0.4 is 14.8 Å². The van der Waals surface area contributed by atoms with Crippen LogP contribution in [-0.2, 0) is 0 Å². The molecule has 2 N–H and O–H groups in total. The monoisotopic (exact) mass is 543 g/mol. The summed E-state index contributed by atoms with van der Waals surface area (Å²) in [5.41, 5.74) is 0.717. The number of likely N-dealkylation sites (tertiary alicyclic amines) is 1. The number of halogens is 1. The van der Waals surface area contributed by atoms with Crippen molar-refractivity contribution >= 4 is 29.9 Å². The van der Waals surface area contributed by atoms with Crippen molar-refractivity contribution in [3.05, 3.63) is 42.5 Å². The number of hydrogen-bond acceptors (Lipinski definition) is 5. The van der Waals surface area contributed by atoms with Crippen molar-refractivity contribution in [2.75, 3.05) is 40.4 Å². The van der Waals surface area contributed by atoms with Crippen molar-refractivity contribution in [1.82, 2.24) is 19.8 Å². The minimum atomic E-state index is -0.754. The van der Waals surface area contributed by atoms with E-state index in [4.69, 9.17) is 14.5 Å². The van der Waals surface area contributed by atoms with Crippen molar-refractivity contribution in [2.45, 2.75) is 32.4 Å². The van der Waals surface area contributed by atoms with Gasteiger partial charge in [0.1, 0.15) is 11.5 Å². The Morgan fingerprint density at radius 3 is 2.58 bits per heavy atom. The maximum absolute atomic E-state index is 10.7. The molecule has 3 rings (SSSR count). The number of ether oxygens (including phenoxy) is 2. The van der Waals surface area contributed by atoms with Crippen LogP contribution in [0.15, 0.2) is 41.9 Å². The van der Waals surface area contributed by atoms with E-state index in [1.54, 1.807) is 20.3 Å². The van der Waals surface area contributed by atoms with Gasteiger partial charge in [-0.05, 0) is 37.0 Å². The highest BCUT2D eigenvalue weighted by Gasteiger charge is 2.29. The summed E-state index contributed by atoms with van der Waals surface area (Å²) in [6.45, 7) is 7.14. The third kappa shape index (κ3) is 6.49. The predicted molar refractivity (Wildman–Crippen MR) is 133 cm³/mol. The SMILES string of the molecule is CCNC(=NCC(O)c1cc(OC)cc(OC)c1)N1CCC(C)C(n2ccnc2)C1.I. The average Bonchev–Trinajstić information content (AvgIpc) is 3.31. The third-order valence-electron chi connectivity index (χ3n) is 5.63. The molecule has 8 nitrogen and oxygen atoms in total. The molecule has 172 valence electrons. The van der Waals surface area contributed by atoms with E-state index in [1.807, 2.05) is 30.9 Å². The standard InChI is InChI=1S/C22H33N5O3.HI/c1-5-24-22(26-8-6-16(2)20(14-26)27-9-7-23-15-27)25-13-21(28)17-10-18(29-3)12-19(11-17)30-4;/h7,9-12,15-16,20-21,28H,5-6,8,13-14H2,1-4H3,(H,24,25);1H. The molecule has 0 aliphatic carbocycles. The summed E-state index contributed by atoms with van der Waals surface area (Å²) >= 11 is 0. The van der Waals surface area contributed by atoms with Gasteiger partial charge in [-0.25, -0.2) is 4.98 Å². The Balaban J connectivity index is 0.00000341. The number of piperidine rings is 1. The number of hydrogen-bond donors (Lipinski definition) is 2. The highest BCUT2D eigenvalue weighted by Crippen LogP contribution is 2.28. The second-order valence-electron chi connectivity index (χ2n) is 7.65. The van der Waals surface area contributed by atoms with E-state index >= 15 is 0 Å². The Kier molecular flexibility index (Phi) is 9.89. The lowest BCUT2D eigenvalue weighted by Gasteiger charge is -2.39. The van der Waals surface area contributed by atoms with Crippen molar-refractivity contribution in [2.24, 2.45) is 10.9 Å². The number of aliphatic hydroxyl groups excluding tert-OH is 1. The third-order valence-corrected chi connectivity index (χ3v) is 5.63. The lowest BCUT2D eigenvalue weighted by atomic mass is 9.93. The quantitative estimate of drug-likeness (QED) is 0.317. The van der Waals surface area contributed by atoms with Gasteiger partial charge in [-0.3, -0.25) is 4.99 Å². The first-order chi connectivity index (χ1) is 14.5. The van der Waals surface area contributed by atoms with E-state index in [9.17, 15) is 5.11 Å². The van der Waals surface area contributed by atoms with Gasteiger partial charge in [0, 0.05) is 38.1 Å². The molecule has 31 heavy (non-hydrogen) atoms. The maximum Gasteiger partial charge on any atom is 0.194 e. The molecule has 0 bridgehead atoms. The Morgan fingerprint density at radius 1 is 1.29 bits per heavy atom. The van der Waals surface area contributed by atoms with Gasteiger partial charge in [-0.1, -0.05) is 6.92 Å². The van der Waals surface area contributed by atoms with Gasteiger partial charge < -0.3 is 29.4 Å². The lowest BCUT2D eigenvalue weighted by Crippen LogP contribution is -2.49. The van der Waals surface area contributed by atoms with Crippen LogP contribution in [0.25, 0.3) is 0 Å². The first-order valence-corrected chi connectivity index (χ1v) is 10.5. The highest BCUT2D eigenvalue weighted by molar-refractivity contribution is 14.0. The van der Waals surface area contributed by atoms with Crippen LogP contribution in [0, 0.1) is 5.92 Å². The summed E-state index contributed by atoms with van der Waals surface area (Å²) in [5.74, 6) is 2.68. The highest BCUT2D eigenvalue weighted by atomic mass is 127.